The summed E-state index contributed by atoms with van der Waals surface area (Å²) in [5, 5.41) is 0.746. The van der Waals surface area contributed by atoms with Gasteiger partial charge in [-0.3, -0.25) is 9.19 Å². The maximum atomic E-state index is 14.4. The number of aromatic nitrogens is 1. The summed E-state index contributed by atoms with van der Waals surface area (Å²) in [6.45, 7) is 9.25. The highest BCUT2D eigenvalue weighted by Crippen LogP contribution is 2.39. The molecule has 0 aliphatic carbocycles. The van der Waals surface area contributed by atoms with Crippen LogP contribution in [0.4, 0.5) is 5.69 Å². The molecular formula is C43H64N4O4S2. The Labute approximate surface area is 322 Å². The molecule has 4 heterocycles. The van der Waals surface area contributed by atoms with Crippen molar-refractivity contribution in [3.63, 3.8) is 0 Å². The van der Waals surface area contributed by atoms with Gasteiger partial charge in [0.1, 0.15) is 10.6 Å². The SMILES string of the molecule is CCCCCCCCCCCCOc1ccc(S(=O)(=O)c2cnc3ccc([S@@](C)=O)cc3c2N2CCC(N3CCC(N4CCCCC4)CC3)CC2)cc1. The van der Waals surface area contributed by atoms with Crippen molar-refractivity contribution in [3.05, 3.63) is 48.7 Å². The molecule has 0 unspecified atom stereocenters. The van der Waals surface area contributed by atoms with E-state index in [2.05, 4.69) is 26.6 Å². The van der Waals surface area contributed by atoms with Gasteiger partial charge in [0.05, 0.1) is 22.7 Å². The molecule has 292 valence electrons. The standard InChI is InChI=1S/C43H64N4O4S2/c1-3-4-5-6-7-8-9-10-11-15-32-51-37-16-19-39(20-17-37)53(49,50)42-34-44-41-21-18-38(52(2)48)33-40(41)43(42)47-30-24-36(25-31-47)46-28-22-35(23-29-46)45-26-13-12-14-27-45/h16-21,33-36H,3-15,22-32H2,1-2H3/t52-/m1/s1. The molecule has 3 fully saturated rings. The van der Waals surface area contributed by atoms with Gasteiger partial charge >= 0.3 is 0 Å². The summed E-state index contributed by atoms with van der Waals surface area (Å²) in [6.07, 6.45) is 24.5. The lowest BCUT2D eigenvalue weighted by Crippen LogP contribution is -2.52. The van der Waals surface area contributed by atoms with Gasteiger partial charge in [0.2, 0.25) is 9.84 Å². The van der Waals surface area contributed by atoms with E-state index in [0.717, 1.165) is 63.3 Å². The molecule has 53 heavy (non-hydrogen) atoms. The first-order chi connectivity index (χ1) is 25.8. The monoisotopic (exact) mass is 764 g/mol. The lowest BCUT2D eigenvalue weighted by Gasteiger charge is -2.45. The summed E-state index contributed by atoms with van der Waals surface area (Å²) >= 11 is 0. The van der Waals surface area contributed by atoms with E-state index in [1.807, 2.05) is 18.2 Å². The van der Waals surface area contributed by atoms with Crippen molar-refractivity contribution >= 4 is 37.2 Å². The van der Waals surface area contributed by atoms with E-state index < -0.39 is 20.6 Å². The van der Waals surface area contributed by atoms with Gasteiger partial charge in [-0.15, -0.1) is 0 Å². The zero-order valence-corrected chi connectivity index (χ0v) is 34.1. The van der Waals surface area contributed by atoms with E-state index in [0.29, 0.717) is 34.5 Å². The predicted molar refractivity (Wildman–Crippen MR) is 219 cm³/mol. The molecule has 10 heteroatoms. The first-order valence-electron chi connectivity index (χ1n) is 20.8. The fourth-order valence-corrected chi connectivity index (χ4v) is 10.8. The Hall–Kier alpha value is -2.53. The number of ether oxygens (including phenoxy) is 1. The Morgan fingerprint density at radius 1 is 0.736 bits per heavy atom. The van der Waals surface area contributed by atoms with Gasteiger partial charge in [-0.1, -0.05) is 71.1 Å². The van der Waals surface area contributed by atoms with Crippen LogP contribution in [-0.4, -0.2) is 91.6 Å². The van der Waals surface area contributed by atoms with Gasteiger partial charge in [0.15, 0.2) is 0 Å². The largest absolute Gasteiger partial charge is 0.494 e. The van der Waals surface area contributed by atoms with Crippen LogP contribution in [-0.2, 0) is 20.6 Å². The number of hydrogen-bond donors (Lipinski definition) is 0. The molecule has 1 atom stereocenters. The van der Waals surface area contributed by atoms with Crippen LogP contribution < -0.4 is 9.64 Å². The van der Waals surface area contributed by atoms with Crippen LogP contribution in [0.3, 0.4) is 0 Å². The van der Waals surface area contributed by atoms with Crippen LogP contribution in [0.15, 0.2) is 63.3 Å². The zero-order chi connectivity index (χ0) is 37.0. The Balaban J connectivity index is 1.10. The molecule has 2 aromatic carbocycles. The maximum Gasteiger partial charge on any atom is 0.210 e. The van der Waals surface area contributed by atoms with Crippen molar-refractivity contribution in [2.75, 3.05) is 57.0 Å². The first-order valence-corrected chi connectivity index (χ1v) is 23.9. The normalized spacial score (nSPS) is 19.2. The van der Waals surface area contributed by atoms with Crippen LogP contribution in [0.25, 0.3) is 10.9 Å². The highest BCUT2D eigenvalue weighted by Gasteiger charge is 2.33. The minimum Gasteiger partial charge on any atom is -0.494 e. The Morgan fingerprint density at radius 3 is 1.94 bits per heavy atom. The first kappa shape index (κ1) is 40.1. The number of fused-ring (bicyclic) bond motifs is 1. The number of rotatable bonds is 18. The average molecular weight is 765 g/mol. The number of nitrogens with zero attached hydrogens (tertiary/aromatic N) is 4. The fraction of sp³-hybridized carbons (Fsp3) is 0.651. The molecule has 0 saturated carbocycles. The predicted octanol–water partition coefficient (Wildman–Crippen LogP) is 9.02. The van der Waals surface area contributed by atoms with E-state index in [1.165, 1.54) is 103 Å². The van der Waals surface area contributed by atoms with Crippen LogP contribution in [0.2, 0.25) is 0 Å². The number of likely N-dealkylation sites (tertiary alicyclic amines) is 2. The highest BCUT2D eigenvalue weighted by atomic mass is 32.2. The second kappa shape index (κ2) is 19.9. The number of piperidine rings is 3. The Kier molecular flexibility index (Phi) is 15.1. The van der Waals surface area contributed by atoms with Crippen molar-refractivity contribution in [2.45, 2.75) is 143 Å². The fourth-order valence-electron chi connectivity index (χ4n) is 8.82. The van der Waals surface area contributed by atoms with Crippen molar-refractivity contribution in [3.8, 4) is 5.75 Å². The Morgan fingerprint density at radius 2 is 1.32 bits per heavy atom. The number of pyridine rings is 1. The molecule has 0 N–H and O–H groups in total. The minimum absolute atomic E-state index is 0.212. The summed E-state index contributed by atoms with van der Waals surface area (Å²) in [6, 6.07) is 13.7. The van der Waals surface area contributed by atoms with Crippen molar-refractivity contribution in [1.82, 2.24) is 14.8 Å². The molecule has 3 aliphatic heterocycles. The maximum absolute atomic E-state index is 14.4. The molecule has 0 radical (unpaired) electrons. The molecule has 3 aliphatic rings. The summed E-state index contributed by atoms with van der Waals surface area (Å²) in [5.74, 6) is 0.689. The third kappa shape index (κ3) is 10.6. The summed E-state index contributed by atoms with van der Waals surface area (Å²) in [7, 11) is -5.11. The third-order valence-corrected chi connectivity index (χ3v) is 14.7. The van der Waals surface area contributed by atoms with Gasteiger partial charge in [0, 0.05) is 58.7 Å². The van der Waals surface area contributed by atoms with E-state index in [4.69, 9.17) is 4.74 Å². The van der Waals surface area contributed by atoms with Crippen LogP contribution in [0, 0.1) is 0 Å². The number of sulfone groups is 1. The molecule has 3 aromatic rings. The highest BCUT2D eigenvalue weighted by molar-refractivity contribution is 7.91. The van der Waals surface area contributed by atoms with E-state index >= 15 is 0 Å². The van der Waals surface area contributed by atoms with E-state index in [9.17, 15) is 12.6 Å². The third-order valence-electron chi connectivity index (χ3n) is 12.0. The molecule has 8 nitrogen and oxygen atoms in total. The molecular weight excluding hydrogens is 701 g/mol. The topological polar surface area (TPSA) is 83.0 Å². The quantitative estimate of drug-likeness (QED) is 0.119. The van der Waals surface area contributed by atoms with Gasteiger partial charge in [-0.25, -0.2) is 8.42 Å². The second-order valence-electron chi connectivity index (χ2n) is 15.7. The van der Waals surface area contributed by atoms with Crippen LogP contribution in [0.1, 0.15) is 116 Å². The van der Waals surface area contributed by atoms with Crippen molar-refractivity contribution < 1.29 is 17.4 Å². The molecule has 1 aromatic heterocycles. The molecule has 3 saturated heterocycles. The summed E-state index contributed by atoms with van der Waals surface area (Å²) < 4.78 is 47.4. The van der Waals surface area contributed by atoms with Gasteiger partial charge in [-0.2, -0.15) is 0 Å². The van der Waals surface area contributed by atoms with Crippen molar-refractivity contribution in [1.29, 1.82) is 0 Å². The number of hydrogen-bond acceptors (Lipinski definition) is 8. The molecule has 6 rings (SSSR count). The van der Waals surface area contributed by atoms with Crippen molar-refractivity contribution in [2.24, 2.45) is 0 Å². The minimum atomic E-state index is -3.91. The van der Waals surface area contributed by atoms with E-state index in [-0.39, 0.29) is 9.79 Å². The summed E-state index contributed by atoms with van der Waals surface area (Å²) in [4.78, 5) is 13.4. The van der Waals surface area contributed by atoms with Gasteiger partial charge < -0.3 is 19.4 Å². The number of unbranched alkanes of at least 4 members (excludes halogenated alkanes) is 9. The van der Waals surface area contributed by atoms with Crippen LogP contribution >= 0.6 is 0 Å². The zero-order valence-electron chi connectivity index (χ0n) is 32.5. The van der Waals surface area contributed by atoms with Gasteiger partial charge in [0.25, 0.3) is 0 Å². The molecule has 0 amide bonds. The summed E-state index contributed by atoms with van der Waals surface area (Å²) in [5.41, 5.74) is 1.40. The lowest BCUT2D eigenvalue weighted by molar-refractivity contribution is 0.0654. The molecule has 0 spiro atoms. The number of anilines is 1. The van der Waals surface area contributed by atoms with E-state index in [1.54, 1.807) is 30.5 Å². The van der Waals surface area contributed by atoms with Gasteiger partial charge in [-0.05, 0) is 114 Å². The number of benzene rings is 2. The smallest absolute Gasteiger partial charge is 0.210 e. The Bertz CT molecular complexity index is 1710. The van der Waals surface area contributed by atoms with Crippen LogP contribution in [0.5, 0.6) is 5.75 Å². The molecule has 0 bridgehead atoms. The average Bonchev–Trinajstić information content (AvgIpc) is 3.20. The lowest BCUT2D eigenvalue weighted by atomic mass is 9.95. The second-order valence-corrected chi connectivity index (χ2v) is 19.0.